The second kappa shape index (κ2) is 95.7. The van der Waals surface area contributed by atoms with Crippen LogP contribution in [-0.2, 0) is 23.7 Å². The molecular formula is C103H235N7O5. The summed E-state index contributed by atoms with van der Waals surface area (Å²) in [6.45, 7) is 104. The molecule has 3 unspecified atom stereocenters. The molecule has 12 nitrogen and oxygen atoms in total. The van der Waals surface area contributed by atoms with Crippen LogP contribution in [0.4, 0.5) is 0 Å². The summed E-state index contributed by atoms with van der Waals surface area (Å²) in [4.78, 5) is 16.7. The molecule has 0 saturated carbocycles. The highest BCUT2D eigenvalue weighted by Gasteiger charge is 2.23. The monoisotopic (exact) mass is 1650 g/mol. The zero-order valence-electron chi connectivity index (χ0n) is 90.0. The number of methoxy groups -OCH3 is 4. The van der Waals surface area contributed by atoms with Gasteiger partial charge in [-0.25, -0.2) is 0 Å². The van der Waals surface area contributed by atoms with Gasteiger partial charge in [-0.05, 0) is 334 Å². The molecule has 0 spiro atoms. The van der Waals surface area contributed by atoms with E-state index < -0.39 is 0 Å². The lowest BCUT2D eigenvalue weighted by Crippen LogP contribution is -2.39. The highest BCUT2D eigenvalue weighted by molar-refractivity contribution is 4.78. The average Bonchev–Trinajstić information content (AvgIpc) is 0.886. The molecule has 0 aliphatic carbocycles. The van der Waals surface area contributed by atoms with E-state index in [1.54, 1.807) is 28.4 Å². The quantitative estimate of drug-likeness (QED) is 0.0585. The molecule has 0 aromatic heterocycles. The minimum Gasteiger partial charge on any atom is -0.385 e. The van der Waals surface area contributed by atoms with Gasteiger partial charge in [-0.2, -0.15) is 0 Å². The van der Waals surface area contributed by atoms with Gasteiger partial charge in [0.1, 0.15) is 0 Å². The van der Waals surface area contributed by atoms with Gasteiger partial charge in [-0.15, -0.1) is 0 Å². The van der Waals surface area contributed by atoms with Crippen LogP contribution in [-0.4, -0.2) is 242 Å². The molecule has 3 atom stereocenters. The van der Waals surface area contributed by atoms with Crippen LogP contribution in [0.2, 0.25) is 0 Å². The summed E-state index contributed by atoms with van der Waals surface area (Å²) < 4.78 is 25.1. The lowest BCUT2D eigenvalue weighted by Gasteiger charge is -2.34. The highest BCUT2D eigenvalue weighted by Crippen LogP contribution is 2.26. The van der Waals surface area contributed by atoms with Gasteiger partial charge in [0.05, 0.1) is 12.2 Å². The third-order valence-corrected chi connectivity index (χ3v) is 20.9. The van der Waals surface area contributed by atoms with E-state index >= 15 is 0 Å². The second-order valence-corrected chi connectivity index (χ2v) is 41.7. The first kappa shape index (κ1) is 138. The van der Waals surface area contributed by atoms with E-state index in [1.165, 1.54) is 188 Å². The molecule has 0 bridgehead atoms. The smallest absolute Gasteiger partial charge is 0.0545 e. The zero-order chi connectivity index (χ0) is 92.4. The van der Waals surface area contributed by atoms with Gasteiger partial charge in [0.2, 0.25) is 0 Å². The fraction of sp³-hybridized carbons (Fsp3) is 1.00. The summed E-state index contributed by atoms with van der Waals surface area (Å²) in [5.41, 5.74) is 0.803. The average molecular weight is 1650 g/mol. The summed E-state index contributed by atoms with van der Waals surface area (Å²) >= 11 is 0. The first-order valence-electron chi connectivity index (χ1n) is 48.4. The topological polar surface area (TPSA) is 68.8 Å². The summed E-state index contributed by atoms with van der Waals surface area (Å²) in [6.07, 6.45) is 25.0. The van der Waals surface area contributed by atoms with Crippen molar-refractivity contribution in [3.8, 4) is 0 Å². The Labute approximate surface area is 734 Å². The first-order chi connectivity index (χ1) is 53.0. The van der Waals surface area contributed by atoms with Crippen molar-refractivity contribution in [1.82, 2.24) is 34.3 Å². The Hall–Kier alpha value is -0.480. The Morgan fingerprint density at radius 2 is 0.791 bits per heavy atom. The fourth-order valence-electron chi connectivity index (χ4n) is 11.6. The zero-order valence-corrected chi connectivity index (χ0v) is 90.0. The third-order valence-electron chi connectivity index (χ3n) is 20.9. The number of ether oxygens (including phenoxy) is 5. The molecule has 2 aliphatic heterocycles. The fourth-order valence-corrected chi connectivity index (χ4v) is 11.6. The molecule has 712 valence electrons. The highest BCUT2D eigenvalue weighted by atomic mass is 16.5. The number of likely N-dealkylation sites (tertiary alicyclic amines) is 2. The first-order valence-corrected chi connectivity index (χ1v) is 48.4. The van der Waals surface area contributed by atoms with Crippen molar-refractivity contribution in [3.63, 3.8) is 0 Å². The molecule has 2 saturated heterocycles. The van der Waals surface area contributed by atoms with Crippen LogP contribution in [0.3, 0.4) is 0 Å². The van der Waals surface area contributed by atoms with Gasteiger partial charge in [-0.3, -0.25) is 0 Å². The maximum atomic E-state index is 5.35. The Kier molecular flexibility index (Phi) is 115. The SMILES string of the molecule is CC(C)C(C)(C)CN(C)C.CC(C)C(C)CN(C)C.CC(C)CC(C)(C)N(C)C.CC(C)CCCN1CCCCC1.CC(C)CCN(C)C.CC(C)CCN1CCCCC1.CC(C)CCOC(C)C.CCC(COC)C(C)C.CCCC(C)C.CCN(CC)CCC(C)C.COC(C)CC(C)C.COCC(C)C.COCCC(C)C. The van der Waals surface area contributed by atoms with E-state index in [0.717, 1.165) is 116 Å². The molecular weight excluding hydrogens is 1420 g/mol. The summed E-state index contributed by atoms with van der Waals surface area (Å²) in [5, 5.41) is 0. The second-order valence-electron chi connectivity index (χ2n) is 41.7. The molecule has 115 heavy (non-hydrogen) atoms. The van der Waals surface area contributed by atoms with Crippen molar-refractivity contribution in [1.29, 1.82) is 0 Å². The lowest BCUT2D eigenvalue weighted by atomic mass is 9.81. The molecule has 0 amide bonds. The number of rotatable bonds is 42. The minimum absolute atomic E-state index is 0.355. The van der Waals surface area contributed by atoms with Crippen molar-refractivity contribution >= 4 is 0 Å². The van der Waals surface area contributed by atoms with Crippen LogP contribution in [0.25, 0.3) is 0 Å². The van der Waals surface area contributed by atoms with Gasteiger partial charge >= 0.3 is 0 Å². The Morgan fingerprint density at radius 3 is 0.991 bits per heavy atom. The molecule has 0 radical (unpaired) electrons. The molecule has 0 aromatic rings. The van der Waals surface area contributed by atoms with Crippen LogP contribution in [0.1, 0.15) is 379 Å². The van der Waals surface area contributed by atoms with Gasteiger partial charge in [0.15, 0.2) is 0 Å². The van der Waals surface area contributed by atoms with E-state index in [4.69, 9.17) is 23.7 Å². The predicted octanol–water partition coefficient (Wildman–Crippen LogP) is 28.1. The summed E-state index contributed by atoms with van der Waals surface area (Å²) in [7, 11) is 24.0. The van der Waals surface area contributed by atoms with E-state index in [2.05, 4.69) is 354 Å². The molecule has 2 rings (SSSR count). The van der Waals surface area contributed by atoms with Crippen molar-refractivity contribution < 1.29 is 23.7 Å². The molecule has 2 fully saturated rings. The summed E-state index contributed by atoms with van der Waals surface area (Å²) in [5.74, 6) is 12.0. The van der Waals surface area contributed by atoms with E-state index in [0.29, 0.717) is 29.1 Å². The maximum Gasteiger partial charge on any atom is 0.0545 e. The Bertz CT molecular complexity index is 1660. The van der Waals surface area contributed by atoms with Crippen LogP contribution < -0.4 is 0 Å². The van der Waals surface area contributed by atoms with E-state index in [-0.39, 0.29) is 0 Å². The molecule has 0 N–H and O–H groups in total. The van der Waals surface area contributed by atoms with Crippen LogP contribution in [0.5, 0.6) is 0 Å². The minimum atomic E-state index is 0.355. The molecule has 12 heteroatoms. The predicted molar refractivity (Wildman–Crippen MR) is 531 cm³/mol. The van der Waals surface area contributed by atoms with Gasteiger partial charge in [0.25, 0.3) is 0 Å². The standard InChI is InChI=1S/C11H23N.C10H21N.3C9H21N.C8H19N.2C8H18O.C7H17N.C7H16O.C6H14O.C6H14.C5H12O/c1-11(2)7-6-10-12-8-4-3-5-9-12;1-10(2)6-9-11-7-4-3-5-8-11;1-8(2)9(3,4)7-10(5)6;1-8(2)7-9(3,4)10(5)6;1-5-10(6-2)8-7-9(3)4;1-7(2)8(3)6-9(4)5;1-7(2)5-6-9-8(3)4;1-5-8(6-9-4)7(2)3;1-7(2)5-6-8(3)4;1-6(2)5-7(3)8-4;1-6(2)4-5-7-3;1-4-5-6(2)3;1-5(2)4-6-3/h11H,3-10H2,1-2H3;10H,3-9H2,1-2H3;2*8H,7H2,1-6H3;9H,5-8H2,1-4H3;7-8H,6H2,1-5H3;2*7-8H,5-6H2,1-4H3;7H,5-6H2,1-4H3;6-7H,5H2,1-4H3;6H,4-5H2,1-3H3;6H,4-5H2,1-3H3;5H,4H2,1-3H3. The van der Waals surface area contributed by atoms with Gasteiger partial charge < -0.3 is 58.0 Å². The van der Waals surface area contributed by atoms with Crippen LogP contribution in [0, 0.1) is 94.2 Å². The normalized spacial score (nSPS) is 14.1. The third kappa shape index (κ3) is 137. The summed E-state index contributed by atoms with van der Waals surface area (Å²) in [6, 6.07) is 0. The molecule has 2 heterocycles. The number of hydrogen-bond acceptors (Lipinski definition) is 12. The van der Waals surface area contributed by atoms with Crippen molar-refractivity contribution in [2.24, 2.45) is 94.2 Å². The molecule has 2 aliphatic rings. The number of hydrogen-bond donors (Lipinski definition) is 0. The van der Waals surface area contributed by atoms with Crippen molar-refractivity contribution in [2.45, 2.75) is 396 Å². The maximum absolute atomic E-state index is 5.35. The van der Waals surface area contributed by atoms with Crippen molar-refractivity contribution in [2.75, 3.05) is 190 Å². The number of piperidine rings is 2. The Balaban J connectivity index is -0.000000114. The largest absolute Gasteiger partial charge is 0.385 e. The van der Waals surface area contributed by atoms with E-state index in [9.17, 15) is 0 Å². The lowest BCUT2D eigenvalue weighted by molar-refractivity contribution is 0.0710. The van der Waals surface area contributed by atoms with Crippen LogP contribution in [0.15, 0.2) is 0 Å². The van der Waals surface area contributed by atoms with Crippen LogP contribution >= 0.6 is 0 Å². The molecule has 0 aromatic carbocycles. The van der Waals surface area contributed by atoms with E-state index in [1.807, 2.05) is 0 Å². The van der Waals surface area contributed by atoms with Gasteiger partial charge in [0, 0.05) is 73.5 Å². The Morgan fingerprint density at radius 1 is 0.383 bits per heavy atom. The van der Waals surface area contributed by atoms with Crippen molar-refractivity contribution in [3.05, 3.63) is 0 Å². The number of nitrogens with zero attached hydrogens (tertiary/aromatic N) is 7. The van der Waals surface area contributed by atoms with Gasteiger partial charge in [-0.1, -0.05) is 261 Å².